The zero-order valence-corrected chi connectivity index (χ0v) is 13.5. The molecule has 3 nitrogen and oxygen atoms in total. The molecule has 2 aromatic heterocycles. The van der Waals surface area contributed by atoms with Gasteiger partial charge in [0.15, 0.2) is 5.65 Å². The second-order valence-electron chi connectivity index (χ2n) is 5.89. The van der Waals surface area contributed by atoms with E-state index in [0.29, 0.717) is 5.25 Å². The van der Waals surface area contributed by atoms with Crippen molar-refractivity contribution in [3.8, 4) is 0 Å². The SMILES string of the molecule is Cc1cccc(Cn2c(C3CCCS3)nc3cccnc32)c1. The molecular weight excluding hydrogens is 290 g/mol. The molecule has 4 rings (SSSR count). The first kappa shape index (κ1) is 13.8. The van der Waals surface area contributed by atoms with Gasteiger partial charge in [-0.05, 0) is 43.2 Å². The molecule has 0 spiro atoms. The van der Waals surface area contributed by atoms with Crippen molar-refractivity contribution in [2.45, 2.75) is 31.6 Å². The summed E-state index contributed by atoms with van der Waals surface area (Å²) in [4.78, 5) is 9.48. The maximum atomic E-state index is 4.89. The van der Waals surface area contributed by atoms with E-state index in [1.165, 1.54) is 35.5 Å². The third-order valence-electron chi connectivity index (χ3n) is 4.17. The first-order valence-electron chi connectivity index (χ1n) is 7.79. The summed E-state index contributed by atoms with van der Waals surface area (Å²) < 4.78 is 2.31. The Balaban J connectivity index is 1.81. The van der Waals surface area contributed by atoms with Gasteiger partial charge in [0.25, 0.3) is 0 Å². The van der Waals surface area contributed by atoms with Crippen molar-refractivity contribution in [2.24, 2.45) is 0 Å². The highest BCUT2D eigenvalue weighted by Gasteiger charge is 2.24. The van der Waals surface area contributed by atoms with Crippen LogP contribution in [0.1, 0.15) is 35.0 Å². The number of rotatable bonds is 3. The number of fused-ring (bicyclic) bond motifs is 1. The fourth-order valence-electron chi connectivity index (χ4n) is 3.15. The van der Waals surface area contributed by atoms with Crippen molar-refractivity contribution < 1.29 is 0 Å². The van der Waals surface area contributed by atoms with Gasteiger partial charge in [0.2, 0.25) is 0 Å². The average molecular weight is 309 g/mol. The number of aryl methyl sites for hydroxylation is 1. The normalized spacial score (nSPS) is 18.1. The second-order valence-corrected chi connectivity index (χ2v) is 7.20. The number of aromatic nitrogens is 3. The lowest BCUT2D eigenvalue weighted by atomic mass is 10.1. The number of pyridine rings is 1. The van der Waals surface area contributed by atoms with E-state index in [4.69, 9.17) is 4.98 Å². The van der Waals surface area contributed by atoms with E-state index in [1.54, 1.807) is 0 Å². The molecule has 22 heavy (non-hydrogen) atoms. The molecular formula is C18H19N3S. The zero-order valence-electron chi connectivity index (χ0n) is 12.7. The highest BCUT2D eigenvalue weighted by atomic mass is 32.2. The Morgan fingerprint density at radius 1 is 1.27 bits per heavy atom. The van der Waals surface area contributed by atoms with E-state index in [0.717, 1.165) is 17.7 Å². The van der Waals surface area contributed by atoms with Crippen LogP contribution in [0.25, 0.3) is 11.2 Å². The van der Waals surface area contributed by atoms with Crippen LogP contribution in [0, 0.1) is 6.92 Å². The van der Waals surface area contributed by atoms with Crippen molar-refractivity contribution in [1.29, 1.82) is 0 Å². The molecule has 0 amide bonds. The molecule has 112 valence electrons. The van der Waals surface area contributed by atoms with Gasteiger partial charge in [0.1, 0.15) is 11.3 Å². The maximum Gasteiger partial charge on any atom is 0.160 e. The second kappa shape index (κ2) is 5.76. The lowest BCUT2D eigenvalue weighted by molar-refractivity contribution is 0.696. The van der Waals surface area contributed by atoms with Crippen LogP contribution in [0.3, 0.4) is 0 Å². The van der Waals surface area contributed by atoms with E-state index >= 15 is 0 Å². The minimum Gasteiger partial charge on any atom is -0.307 e. The minimum atomic E-state index is 0.513. The van der Waals surface area contributed by atoms with Crippen molar-refractivity contribution >= 4 is 22.9 Å². The van der Waals surface area contributed by atoms with Crippen LogP contribution in [0.2, 0.25) is 0 Å². The van der Waals surface area contributed by atoms with Gasteiger partial charge < -0.3 is 4.57 Å². The molecule has 0 radical (unpaired) electrons. The number of hydrogen-bond donors (Lipinski definition) is 0. The van der Waals surface area contributed by atoms with E-state index < -0.39 is 0 Å². The fourth-order valence-corrected chi connectivity index (χ4v) is 4.43. The number of imidazole rings is 1. The van der Waals surface area contributed by atoms with Crippen LogP contribution in [-0.2, 0) is 6.54 Å². The van der Waals surface area contributed by atoms with Gasteiger partial charge in [-0.15, -0.1) is 0 Å². The summed E-state index contributed by atoms with van der Waals surface area (Å²) in [5, 5.41) is 0.513. The van der Waals surface area contributed by atoms with Crippen LogP contribution in [-0.4, -0.2) is 20.3 Å². The molecule has 1 aliphatic heterocycles. The molecule has 3 aromatic rings. The van der Waals surface area contributed by atoms with E-state index in [-0.39, 0.29) is 0 Å². The molecule has 0 aliphatic carbocycles. The van der Waals surface area contributed by atoms with Crippen molar-refractivity contribution in [2.75, 3.05) is 5.75 Å². The summed E-state index contributed by atoms with van der Waals surface area (Å²) in [5.41, 5.74) is 4.63. The zero-order chi connectivity index (χ0) is 14.9. The number of hydrogen-bond acceptors (Lipinski definition) is 3. The largest absolute Gasteiger partial charge is 0.307 e. The average Bonchev–Trinajstić information content (AvgIpc) is 3.15. The van der Waals surface area contributed by atoms with E-state index in [9.17, 15) is 0 Å². The maximum absolute atomic E-state index is 4.89. The lowest BCUT2D eigenvalue weighted by Gasteiger charge is -2.13. The molecule has 0 bridgehead atoms. The summed E-state index contributed by atoms with van der Waals surface area (Å²) in [7, 11) is 0. The van der Waals surface area contributed by atoms with Crippen LogP contribution in [0.5, 0.6) is 0 Å². The van der Waals surface area contributed by atoms with Gasteiger partial charge in [-0.2, -0.15) is 11.8 Å². The molecule has 1 atom stereocenters. The van der Waals surface area contributed by atoms with Gasteiger partial charge in [-0.25, -0.2) is 9.97 Å². The molecule has 0 saturated carbocycles. The summed E-state index contributed by atoms with van der Waals surface area (Å²) in [6.07, 6.45) is 4.38. The molecule has 1 unspecified atom stereocenters. The monoisotopic (exact) mass is 309 g/mol. The Hall–Kier alpha value is -1.81. The Bertz CT molecular complexity index is 803. The smallest absolute Gasteiger partial charge is 0.160 e. The summed E-state index contributed by atoms with van der Waals surface area (Å²) in [6.45, 7) is 2.99. The van der Waals surface area contributed by atoms with Crippen molar-refractivity contribution in [3.05, 3.63) is 59.5 Å². The molecule has 3 heterocycles. The van der Waals surface area contributed by atoms with Crippen LogP contribution in [0.4, 0.5) is 0 Å². The van der Waals surface area contributed by atoms with Gasteiger partial charge in [0, 0.05) is 6.20 Å². The van der Waals surface area contributed by atoms with Gasteiger partial charge in [0.05, 0.1) is 11.8 Å². The number of thioether (sulfide) groups is 1. The number of benzene rings is 1. The molecule has 4 heteroatoms. The third-order valence-corrected chi connectivity index (χ3v) is 5.55. The van der Waals surface area contributed by atoms with Gasteiger partial charge in [-0.3, -0.25) is 0 Å². The number of nitrogens with zero attached hydrogens (tertiary/aromatic N) is 3. The molecule has 1 aromatic carbocycles. The van der Waals surface area contributed by atoms with E-state index in [2.05, 4.69) is 46.8 Å². The fraction of sp³-hybridized carbons (Fsp3) is 0.333. The highest BCUT2D eigenvalue weighted by Crippen LogP contribution is 2.40. The predicted octanol–water partition coefficient (Wildman–Crippen LogP) is 4.36. The third kappa shape index (κ3) is 2.52. The van der Waals surface area contributed by atoms with Crippen LogP contribution in [0.15, 0.2) is 42.6 Å². The quantitative estimate of drug-likeness (QED) is 0.720. The highest BCUT2D eigenvalue weighted by molar-refractivity contribution is 7.99. The summed E-state index contributed by atoms with van der Waals surface area (Å²) in [6, 6.07) is 12.7. The standard InChI is InChI=1S/C18H19N3S/c1-13-5-2-6-14(11-13)12-21-17-15(7-3-9-19-17)20-18(21)16-8-4-10-22-16/h2-3,5-7,9,11,16H,4,8,10,12H2,1H3. The Labute approximate surface area is 134 Å². The lowest BCUT2D eigenvalue weighted by Crippen LogP contribution is -2.07. The Morgan fingerprint density at radius 2 is 2.23 bits per heavy atom. The van der Waals surface area contributed by atoms with Crippen molar-refractivity contribution in [3.63, 3.8) is 0 Å². The summed E-state index contributed by atoms with van der Waals surface area (Å²) in [5.74, 6) is 2.43. The first-order chi connectivity index (χ1) is 10.8. The Kier molecular flexibility index (Phi) is 3.62. The molecule has 1 fully saturated rings. The molecule has 0 N–H and O–H groups in total. The van der Waals surface area contributed by atoms with E-state index in [1.807, 2.05) is 24.0 Å². The van der Waals surface area contributed by atoms with Gasteiger partial charge >= 0.3 is 0 Å². The Morgan fingerprint density at radius 3 is 3.05 bits per heavy atom. The molecule has 1 aliphatic rings. The van der Waals surface area contributed by atoms with Gasteiger partial charge in [-0.1, -0.05) is 29.8 Å². The predicted molar refractivity (Wildman–Crippen MR) is 92.2 cm³/mol. The topological polar surface area (TPSA) is 30.7 Å². The molecule has 1 saturated heterocycles. The van der Waals surface area contributed by atoms with Crippen molar-refractivity contribution in [1.82, 2.24) is 14.5 Å². The summed E-state index contributed by atoms with van der Waals surface area (Å²) >= 11 is 2.03. The first-order valence-corrected chi connectivity index (χ1v) is 8.84. The van der Waals surface area contributed by atoms with Crippen LogP contribution >= 0.6 is 11.8 Å². The van der Waals surface area contributed by atoms with Crippen LogP contribution < -0.4 is 0 Å². The minimum absolute atomic E-state index is 0.513.